The van der Waals surface area contributed by atoms with E-state index < -0.39 is 10.9 Å². The molecule has 126 valence electrons. The molecule has 0 amide bonds. The number of benzene rings is 2. The van der Waals surface area contributed by atoms with Gasteiger partial charge in [0.05, 0.1) is 9.40 Å². The molecule has 0 N–H and O–H groups in total. The fourth-order valence-electron chi connectivity index (χ4n) is 2.08. The van der Waals surface area contributed by atoms with Crippen LogP contribution in [0.15, 0.2) is 56.0 Å². The van der Waals surface area contributed by atoms with E-state index in [1.165, 1.54) is 12.1 Å². The predicted molar refractivity (Wildman–Crippen MR) is 108 cm³/mol. The van der Waals surface area contributed by atoms with Crippen molar-refractivity contribution in [1.82, 2.24) is 0 Å². The summed E-state index contributed by atoms with van der Waals surface area (Å²) in [6.45, 7) is 0. The SMILES string of the molecule is O=C1OC(c2ccc(I)c(Br)c2)=N/C1=C\c1ccc(Br)c([N+](=O)[O-])c1. The summed E-state index contributed by atoms with van der Waals surface area (Å²) in [5, 5.41) is 11.0. The van der Waals surface area contributed by atoms with Crippen LogP contribution in [0, 0.1) is 13.7 Å². The Hall–Kier alpha value is -1.59. The standard InChI is InChI=1S/C16H7Br2IN2O4/c17-10-3-1-8(6-14(10)21(23)24)5-13-16(22)25-15(20-13)9-2-4-12(19)11(18)7-9/h1-7H/b13-5-. The number of hydrogen-bond acceptors (Lipinski definition) is 5. The van der Waals surface area contributed by atoms with Crippen molar-refractivity contribution in [2.24, 2.45) is 4.99 Å². The lowest BCUT2D eigenvalue weighted by Gasteiger charge is -2.01. The van der Waals surface area contributed by atoms with Crippen LogP contribution < -0.4 is 0 Å². The monoisotopic (exact) mass is 576 g/mol. The fourth-order valence-corrected chi connectivity index (χ4v) is 3.18. The molecule has 25 heavy (non-hydrogen) atoms. The largest absolute Gasteiger partial charge is 0.402 e. The molecule has 0 saturated heterocycles. The number of rotatable bonds is 3. The number of nitrogens with zero attached hydrogens (tertiary/aromatic N) is 2. The number of esters is 1. The van der Waals surface area contributed by atoms with E-state index in [1.807, 2.05) is 6.07 Å². The number of hydrogen-bond donors (Lipinski definition) is 0. The van der Waals surface area contributed by atoms with Gasteiger partial charge in [0.15, 0.2) is 5.70 Å². The molecule has 0 atom stereocenters. The van der Waals surface area contributed by atoms with E-state index >= 15 is 0 Å². The van der Waals surface area contributed by atoms with Crippen LogP contribution in [0.2, 0.25) is 0 Å². The number of nitro groups is 1. The zero-order chi connectivity index (χ0) is 18.1. The first-order valence-corrected chi connectivity index (χ1v) is 9.43. The van der Waals surface area contributed by atoms with E-state index in [0.29, 0.717) is 15.6 Å². The van der Waals surface area contributed by atoms with Crippen molar-refractivity contribution >= 4 is 78.1 Å². The van der Waals surface area contributed by atoms with Crippen LogP contribution in [0.5, 0.6) is 0 Å². The Kier molecular flexibility index (Phi) is 5.35. The van der Waals surface area contributed by atoms with E-state index in [4.69, 9.17) is 4.74 Å². The third-order valence-electron chi connectivity index (χ3n) is 3.26. The van der Waals surface area contributed by atoms with E-state index in [-0.39, 0.29) is 17.3 Å². The fraction of sp³-hybridized carbons (Fsp3) is 0. The van der Waals surface area contributed by atoms with Crippen molar-refractivity contribution in [1.29, 1.82) is 0 Å². The summed E-state index contributed by atoms with van der Waals surface area (Å²) < 4.78 is 7.45. The van der Waals surface area contributed by atoms with Crippen molar-refractivity contribution in [3.63, 3.8) is 0 Å². The highest BCUT2D eigenvalue weighted by Gasteiger charge is 2.25. The Balaban J connectivity index is 1.97. The second-order valence-electron chi connectivity index (χ2n) is 4.93. The van der Waals surface area contributed by atoms with E-state index in [0.717, 1.165) is 8.04 Å². The molecule has 1 aliphatic rings. The van der Waals surface area contributed by atoms with Crippen molar-refractivity contribution in [2.75, 3.05) is 0 Å². The molecule has 0 radical (unpaired) electrons. The number of nitro benzene ring substituents is 1. The van der Waals surface area contributed by atoms with Gasteiger partial charge < -0.3 is 4.74 Å². The van der Waals surface area contributed by atoms with Gasteiger partial charge in [-0.1, -0.05) is 6.07 Å². The van der Waals surface area contributed by atoms with Crippen molar-refractivity contribution in [3.05, 3.63) is 75.9 Å². The molecular weight excluding hydrogens is 571 g/mol. The molecule has 1 aliphatic heterocycles. The van der Waals surface area contributed by atoms with Gasteiger partial charge in [-0.3, -0.25) is 10.1 Å². The third-order valence-corrected chi connectivity index (χ3v) is 6.27. The highest BCUT2D eigenvalue weighted by atomic mass is 127. The Morgan fingerprint density at radius 3 is 2.60 bits per heavy atom. The molecule has 0 aromatic heterocycles. The van der Waals surface area contributed by atoms with Crippen molar-refractivity contribution < 1.29 is 14.5 Å². The molecule has 2 aromatic rings. The van der Waals surface area contributed by atoms with Crippen LogP contribution in [-0.2, 0) is 9.53 Å². The normalized spacial score (nSPS) is 15.2. The third kappa shape index (κ3) is 3.98. The maximum Gasteiger partial charge on any atom is 0.363 e. The van der Waals surface area contributed by atoms with Gasteiger partial charge in [-0.25, -0.2) is 9.79 Å². The van der Waals surface area contributed by atoms with Crippen LogP contribution in [0.25, 0.3) is 6.08 Å². The zero-order valence-corrected chi connectivity index (χ0v) is 17.5. The Morgan fingerprint density at radius 2 is 1.92 bits per heavy atom. The summed E-state index contributed by atoms with van der Waals surface area (Å²) in [5.41, 5.74) is 1.13. The molecule has 0 spiro atoms. The number of carbonyl (C=O) groups is 1. The first-order valence-electron chi connectivity index (χ1n) is 6.77. The molecule has 1 heterocycles. The van der Waals surface area contributed by atoms with Gasteiger partial charge in [0.1, 0.15) is 0 Å². The highest BCUT2D eigenvalue weighted by molar-refractivity contribution is 14.1. The van der Waals surface area contributed by atoms with Gasteiger partial charge in [0.2, 0.25) is 5.90 Å². The summed E-state index contributed by atoms with van der Waals surface area (Å²) >= 11 is 8.71. The summed E-state index contributed by atoms with van der Waals surface area (Å²) in [5.74, 6) is -0.407. The number of carbonyl (C=O) groups excluding carboxylic acids is 1. The first kappa shape index (κ1) is 18.2. The number of cyclic esters (lactones) is 1. The predicted octanol–water partition coefficient (Wildman–Crippen LogP) is 5.07. The molecule has 0 bridgehead atoms. The summed E-state index contributed by atoms with van der Waals surface area (Å²) in [4.78, 5) is 26.7. The number of halogens is 3. The first-order chi connectivity index (χ1) is 11.8. The van der Waals surface area contributed by atoms with Crippen molar-refractivity contribution in [3.8, 4) is 0 Å². The topological polar surface area (TPSA) is 81.8 Å². The lowest BCUT2D eigenvalue weighted by Crippen LogP contribution is -2.05. The quantitative estimate of drug-likeness (QED) is 0.168. The second-order valence-corrected chi connectivity index (χ2v) is 7.80. The Labute approximate surface area is 172 Å². The van der Waals surface area contributed by atoms with E-state index in [9.17, 15) is 14.9 Å². The van der Waals surface area contributed by atoms with E-state index in [2.05, 4.69) is 59.4 Å². The number of ether oxygens (including phenoxy) is 1. The van der Waals surface area contributed by atoms with E-state index in [1.54, 1.807) is 24.3 Å². The minimum absolute atomic E-state index is 0.0845. The average molecular weight is 578 g/mol. The van der Waals surface area contributed by atoms with Gasteiger partial charge in [-0.2, -0.15) is 0 Å². The average Bonchev–Trinajstić information content (AvgIpc) is 2.92. The second kappa shape index (κ2) is 7.34. The van der Waals surface area contributed by atoms with Crippen LogP contribution in [0.1, 0.15) is 11.1 Å². The van der Waals surface area contributed by atoms with Gasteiger partial charge in [-0.15, -0.1) is 0 Å². The highest BCUT2D eigenvalue weighted by Crippen LogP contribution is 2.28. The number of aliphatic imine (C=N–C) groups is 1. The van der Waals surface area contributed by atoms with Gasteiger partial charge in [-0.05, 0) is 90.4 Å². The molecule has 0 saturated carbocycles. The summed E-state index contributed by atoms with van der Waals surface area (Å²) in [6.07, 6.45) is 1.45. The molecule has 2 aromatic carbocycles. The zero-order valence-electron chi connectivity index (χ0n) is 12.2. The molecule has 0 unspecified atom stereocenters. The molecule has 3 rings (SSSR count). The maximum atomic E-state index is 12.0. The summed E-state index contributed by atoms with van der Waals surface area (Å²) in [7, 11) is 0. The Morgan fingerprint density at radius 1 is 1.16 bits per heavy atom. The lowest BCUT2D eigenvalue weighted by molar-refractivity contribution is -0.385. The molecular formula is C16H7Br2IN2O4. The molecule has 0 fully saturated rings. The van der Waals surface area contributed by atoms with Gasteiger partial charge >= 0.3 is 5.97 Å². The lowest BCUT2D eigenvalue weighted by atomic mass is 10.1. The molecule has 0 aliphatic carbocycles. The van der Waals surface area contributed by atoms with Crippen molar-refractivity contribution in [2.45, 2.75) is 0 Å². The smallest absolute Gasteiger partial charge is 0.363 e. The summed E-state index contributed by atoms with van der Waals surface area (Å²) in [6, 6.07) is 10.0. The maximum absolute atomic E-state index is 12.0. The van der Waals surface area contributed by atoms with Crippen LogP contribution in [0.3, 0.4) is 0 Å². The van der Waals surface area contributed by atoms with Crippen LogP contribution in [0.4, 0.5) is 5.69 Å². The van der Waals surface area contributed by atoms with Gasteiger partial charge in [0, 0.05) is 19.7 Å². The minimum Gasteiger partial charge on any atom is -0.402 e. The Bertz CT molecular complexity index is 973. The van der Waals surface area contributed by atoms with Crippen LogP contribution in [-0.4, -0.2) is 16.8 Å². The van der Waals surface area contributed by atoms with Gasteiger partial charge in [0.25, 0.3) is 5.69 Å². The minimum atomic E-state index is -0.602. The van der Waals surface area contributed by atoms with Crippen LogP contribution >= 0.6 is 54.5 Å². The molecule has 9 heteroatoms. The molecule has 6 nitrogen and oxygen atoms in total.